The van der Waals surface area contributed by atoms with Crippen LogP contribution in [0.15, 0.2) is 17.5 Å². The zero-order chi connectivity index (χ0) is 13.8. The van der Waals surface area contributed by atoms with E-state index < -0.39 is 0 Å². The molecule has 2 aromatic heterocycles. The van der Waals surface area contributed by atoms with Crippen molar-refractivity contribution in [3.05, 3.63) is 33.8 Å². The van der Waals surface area contributed by atoms with E-state index in [4.69, 9.17) is 10.5 Å². The van der Waals surface area contributed by atoms with Gasteiger partial charge in [-0.25, -0.2) is 0 Å². The fourth-order valence-electron chi connectivity index (χ4n) is 2.19. The highest BCUT2D eigenvalue weighted by molar-refractivity contribution is 7.10. The van der Waals surface area contributed by atoms with E-state index in [1.54, 1.807) is 18.4 Å². The molecule has 0 aromatic carbocycles. The first kappa shape index (κ1) is 14.1. The Labute approximate surface area is 118 Å². The van der Waals surface area contributed by atoms with Crippen molar-refractivity contribution < 1.29 is 4.74 Å². The lowest BCUT2D eigenvalue weighted by Crippen LogP contribution is -2.15. The number of nitrogens with two attached hydrogens (primary N) is 1. The Kier molecular flexibility index (Phi) is 4.61. The van der Waals surface area contributed by atoms with E-state index >= 15 is 0 Å². The van der Waals surface area contributed by atoms with Crippen LogP contribution in [0, 0.1) is 0 Å². The van der Waals surface area contributed by atoms with Crippen molar-refractivity contribution in [2.75, 3.05) is 7.11 Å². The Balaban J connectivity index is 2.18. The maximum atomic E-state index is 6.31. The summed E-state index contributed by atoms with van der Waals surface area (Å²) < 4.78 is 7.38. The molecule has 0 radical (unpaired) electrons. The van der Waals surface area contributed by atoms with Gasteiger partial charge in [-0.05, 0) is 30.9 Å². The summed E-state index contributed by atoms with van der Waals surface area (Å²) >= 11 is 1.65. The van der Waals surface area contributed by atoms with Crippen LogP contribution in [0.3, 0.4) is 0 Å². The van der Waals surface area contributed by atoms with Crippen LogP contribution >= 0.6 is 11.3 Å². The predicted molar refractivity (Wildman–Crippen MR) is 78.8 cm³/mol. The normalized spacial score (nSPS) is 12.6. The number of aryl methyl sites for hydroxylation is 2. The van der Waals surface area contributed by atoms with Gasteiger partial charge in [0, 0.05) is 24.7 Å². The van der Waals surface area contributed by atoms with Gasteiger partial charge in [0.2, 0.25) is 0 Å². The molecule has 0 saturated heterocycles. The monoisotopic (exact) mass is 279 g/mol. The molecule has 1 unspecified atom stereocenters. The van der Waals surface area contributed by atoms with E-state index in [1.807, 2.05) is 16.1 Å². The van der Waals surface area contributed by atoms with Crippen LogP contribution in [0.4, 0.5) is 0 Å². The second kappa shape index (κ2) is 6.21. The Bertz CT molecular complexity index is 533. The van der Waals surface area contributed by atoms with E-state index in [2.05, 4.69) is 25.0 Å². The van der Waals surface area contributed by atoms with Gasteiger partial charge in [-0.15, -0.1) is 11.3 Å². The van der Waals surface area contributed by atoms with E-state index in [0.717, 1.165) is 35.7 Å². The van der Waals surface area contributed by atoms with Crippen LogP contribution in [0.2, 0.25) is 0 Å². The standard InChI is InChI=1S/C14H21N3OS/c1-4-10-8-11(17(5-2)16-10)9-12(15)14-13(18-3)6-7-19-14/h6-8,12H,4-5,9,15H2,1-3H3. The predicted octanol–water partition coefficient (Wildman–Crippen LogP) is 2.78. The lowest BCUT2D eigenvalue weighted by molar-refractivity contribution is 0.408. The first-order chi connectivity index (χ1) is 9.19. The van der Waals surface area contributed by atoms with Crippen molar-refractivity contribution in [2.45, 2.75) is 39.3 Å². The summed E-state index contributed by atoms with van der Waals surface area (Å²) in [5, 5.41) is 6.57. The maximum absolute atomic E-state index is 6.31. The fourth-order valence-corrected chi connectivity index (χ4v) is 3.06. The van der Waals surface area contributed by atoms with Gasteiger partial charge in [0.05, 0.1) is 17.7 Å². The highest BCUT2D eigenvalue weighted by atomic mass is 32.1. The van der Waals surface area contributed by atoms with Crippen LogP contribution in [-0.2, 0) is 19.4 Å². The molecule has 2 N–H and O–H groups in total. The highest BCUT2D eigenvalue weighted by Crippen LogP contribution is 2.31. The van der Waals surface area contributed by atoms with Crippen LogP contribution in [-0.4, -0.2) is 16.9 Å². The lowest BCUT2D eigenvalue weighted by atomic mass is 10.1. The maximum Gasteiger partial charge on any atom is 0.134 e. The minimum Gasteiger partial charge on any atom is -0.496 e. The third-order valence-corrected chi connectivity index (χ3v) is 4.25. The molecule has 104 valence electrons. The summed E-state index contributed by atoms with van der Waals surface area (Å²) in [4.78, 5) is 1.10. The molecule has 5 heteroatoms. The van der Waals surface area contributed by atoms with Gasteiger partial charge in [-0.2, -0.15) is 5.10 Å². The summed E-state index contributed by atoms with van der Waals surface area (Å²) in [7, 11) is 1.68. The second-order valence-corrected chi connectivity index (χ2v) is 5.41. The molecule has 0 saturated carbocycles. The molecule has 1 atom stereocenters. The molecular weight excluding hydrogens is 258 g/mol. The summed E-state index contributed by atoms with van der Waals surface area (Å²) in [5.74, 6) is 0.885. The van der Waals surface area contributed by atoms with E-state index in [0.29, 0.717) is 0 Å². The molecule has 0 fully saturated rings. The van der Waals surface area contributed by atoms with Crippen LogP contribution in [0.5, 0.6) is 5.75 Å². The van der Waals surface area contributed by atoms with Crippen molar-refractivity contribution in [1.82, 2.24) is 9.78 Å². The lowest BCUT2D eigenvalue weighted by Gasteiger charge is -2.12. The second-order valence-electron chi connectivity index (χ2n) is 4.46. The molecule has 0 aliphatic heterocycles. The number of ether oxygens (including phenoxy) is 1. The first-order valence-electron chi connectivity index (χ1n) is 6.62. The molecule has 0 aliphatic rings. The van der Waals surface area contributed by atoms with Gasteiger partial charge in [0.25, 0.3) is 0 Å². The zero-order valence-electron chi connectivity index (χ0n) is 11.7. The number of methoxy groups -OCH3 is 1. The molecule has 2 rings (SSSR count). The zero-order valence-corrected chi connectivity index (χ0v) is 12.5. The van der Waals surface area contributed by atoms with Crippen LogP contribution in [0.25, 0.3) is 0 Å². The van der Waals surface area contributed by atoms with Crippen LogP contribution in [0.1, 0.15) is 36.2 Å². The molecule has 2 heterocycles. The highest BCUT2D eigenvalue weighted by Gasteiger charge is 2.16. The largest absolute Gasteiger partial charge is 0.496 e. The number of aromatic nitrogens is 2. The Morgan fingerprint density at radius 3 is 2.89 bits per heavy atom. The van der Waals surface area contributed by atoms with Crippen LogP contribution < -0.4 is 10.5 Å². The van der Waals surface area contributed by atoms with E-state index in [9.17, 15) is 0 Å². The van der Waals surface area contributed by atoms with Gasteiger partial charge >= 0.3 is 0 Å². The Morgan fingerprint density at radius 1 is 1.47 bits per heavy atom. The average Bonchev–Trinajstić information content (AvgIpc) is 3.04. The smallest absolute Gasteiger partial charge is 0.134 e. The molecule has 0 amide bonds. The summed E-state index contributed by atoms with van der Waals surface area (Å²) in [6.45, 7) is 5.10. The molecule has 0 aliphatic carbocycles. The van der Waals surface area contributed by atoms with Gasteiger partial charge in [-0.3, -0.25) is 4.68 Å². The average molecular weight is 279 g/mol. The van der Waals surface area contributed by atoms with E-state index in [-0.39, 0.29) is 6.04 Å². The Morgan fingerprint density at radius 2 is 2.26 bits per heavy atom. The number of hydrogen-bond acceptors (Lipinski definition) is 4. The number of rotatable bonds is 6. The first-order valence-corrected chi connectivity index (χ1v) is 7.50. The van der Waals surface area contributed by atoms with Crippen molar-refractivity contribution in [3.63, 3.8) is 0 Å². The fraction of sp³-hybridized carbons (Fsp3) is 0.500. The van der Waals surface area contributed by atoms with Crippen molar-refractivity contribution in [1.29, 1.82) is 0 Å². The number of thiophene rings is 1. The summed E-state index contributed by atoms with van der Waals surface area (Å²) in [6.07, 6.45) is 1.75. The Hall–Kier alpha value is -1.33. The van der Waals surface area contributed by atoms with Crippen molar-refractivity contribution in [2.24, 2.45) is 5.73 Å². The summed E-state index contributed by atoms with van der Waals surface area (Å²) in [5.41, 5.74) is 8.64. The molecule has 19 heavy (non-hydrogen) atoms. The molecule has 4 nitrogen and oxygen atoms in total. The van der Waals surface area contributed by atoms with Gasteiger partial charge in [0.1, 0.15) is 5.75 Å². The van der Waals surface area contributed by atoms with Crippen molar-refractivity contribution in [3.8, 4) is 5.75 Å². The number of nitrogens with zero attached hydrogens (tertiary/aromatic N) is 2. The number of hydrogen-bond donors (Lipinski definition) is 1. The molecular formula is C14H21N3OS. The van der Waals surface area contributed by atoms with Crippen molar-refractivity contribution >= 4 is 11.3 Å². The molecule has 2 aromatic rings. The van der Waals surface area contributed by atoms with E-state index in [1.165, 1.54) is 5.69 Å². The molecule has 0 bridgehead atoms. The van der Waals surface area contributed by atoms with Gasteiger partial charge < -0.3 is 10.5 Å². The third kappa shape index (κ3) is 2.98. The molecule has 0 spiro atoms. The summed E-state index contributed by atoms with van der Waals surface area (Å²) in [6, 6.07) is 4.08. The minimum absolute atomic E-state index is 0.0401. The minimum atomic E-state index is -0.0401. The van der Waals surface area contributed by atoms with Gasteiger partial charge in [-0.1, -0.05) is 6.92 Å². The SMILES string of the molecule is CCc1cc(CC(N)c2sccc2OC)n(CC)n1. The topological polar surface area (TPSA) is 53.1 Å². The third-order valence-electron chi connectivity index (χ3n) is 3.22. The quantitative estimate of drug-likeness (QED) is 0.884. The van der Waals surface area contributed by atoms with Gasteiger partial charge in [0.15, 0.2) is 0 Å².